The summed E-state index contributed by atoms with van der Waals surface area (Å²) in [4.78, 5) is 2.66. The van der Waals surface area contributed by atoms with E-state index in [-0.39, 0.29) is 16.2 Å². The summed E-state index contributed by atoms with van der Waals surface area (Å²) >= 11 is 0. The van der Waals surface area contributed by atoms with E-state index in [4.69, 9.17) is 0 Å². The van der Waals surface area contributed by atoms with E-state index in [1.165, 1.54) is 83.9 Å². The van der Waals surface area contributed by atoms with Crippen LogP contribution in [-0.4, -0.2) is 0 Å². The molecule has 0 heterocycles. The minimum Gasteiger partial charge on any atom is -0.314 e. The van der Waals surface area contributed by atoms with E-state index in [1.54, 1.807) is 0 Å². The molecule has 0 N–H and O–H groups in total. The first-order valence-electron chi connectivity index (χ1n) is 19.7. The van der Waals surface area contributed by atoms with Crippen molar-refractivity contribution in [2.24, 2.45) is 11.3 Å². The molecule has 6 aliphatic carbocycles. The van der Waals surface area contributed by atoms with Gasteiger partial charge in [-0.05, 0) is 110 Å². The maximum atomic E-state index is 2.66. The van der Waals surface area contributed by atoms with Crippen molar-refractivity contribution in [2.75, 3.05) is 4.90 Å². The third-order valence-electron chi connectivity index (χ3n) is 14.1. The van der Waals surface area contributed by atoms with Crippen LogP contribution >= 0.6 is 0 Å². The van der Waals surface area contributed by atoms with Crippen molar-refractivity contribution in [1.82, 2.24) is 0 Å². The van der Waals surface area contributed by atoms with Crippen LogP contribution in [0, 0.1) is 11.3 Å². The molecular formula is C53H41N. The maximum Gasteiger partial charge on any atom is 0.0569 e. The molecule has 6 aliphatic rings. The number of benzene rings is 6. The number of allylic oxidation sites excluding steroid dienone is 8. The van der Waals surface area contributed by atoms with Gasteiger partial charge < -0.3 is 4.90 Å². The smallest absolute Gasteiger partial charge is 0.0569 e. The van der Waals surface area contributed by atoms with Gasteiger partial charge in [-0.3, -0.25) is 0 Å². The number of hydrogen-bond donors (Lipinski definition) is 0. The summed E-state index contributed by atoms with van der Waals surface area (Å²) in [7, 11) is 0. The topological polar surface area (TPSA) is 3.24 Å². The van der Waals surface area contributed by atoms with Gasteiger partial charge in [0.15, 0.2) is 0 Å². The molecule has 6 aromatic carbocycles. The van der Waals surface area contributed by atoms with Crippen LogP contribution in [-0.2, 0) is 10.8 Å². The van der Waals surface area contributed by atoms with E-state index in [1.807, 2.05) is 0 Å². The molecule has 258 valence electrons. The van der Waals surface area contributed by atoms with Crippen LogP contribution in [0.2, 0.25) is 0 Å². The van der Waals surface area contributed by atoms with Crippen molar-refractivity contribution in [3.05, 3.63) is 221 Å². The molecular weight excluding hydrogens is 651 g/mol. The van der Waals surface area contributed by atoms with Crippen LogP contribution < -0.4 is 4.90 Å². The Morgan fingerprint density at radius 2 is 1.19 bits per heavy atom. The average Bonchev–Trinajstić information content (AvgIpc) is 3.61. The van der Waals surface area contributed by atoms with Crippen molar-refractivity contribution >= 4 is 16.9 Å². The van der Waals surface area contributed by atoms with Crippen LogP contribution in [0.25, 0.3) is 27.8 Å². The standard InChI is InChI=1S/C53H41N/c1-51(2)42-20-9-6-17-38(42)41-31-30-37(33-47(41)51)54(36-28-26-35(27-29-36)34-15-4-3-5-16-34)48-25-14-24-45-49(48)50-46-23-12-13-32-52(46,50)53(45)43-21-10-7-18-39(43)40-19-8-11-22-44(40)53/h3-29,32-33,46,50H,30-31H2,1-2H3/t46?,50?,52-/m0/s1. The van der Waals surface area contributed by atoms with Crippen molar-refractivity contribution < 1.29 is 0 Å². The molecule has 0 aliphatic heterocycles. The van der Waals surface area contributed by atoms with Gasteiger partial charge in [0, 0.05) is 33.8 Å². The van der Waals surface area contributed by atoms with Gasteiger partial charge in [-0.1, -0.05) is 166 Å². The summed E-state index contributed by atoms with van der Waals surface area (Å²) in [6.07, 6.45) is 14.4. The highest BCUT2D eigenvalue weighted by Gasteiger charge is 2.80. The van der Waals surface area contributed by atoms with Crippen molar-refractivity contribution in [2.45, 2.75) is 43.4 Å². The fourth-order valence-electron chi connectivity index (χ4n) is 12.0. The largest absolute Gasteiger partial charge is 0.314 e. The van der Waals surface area contributed by atoms with Gasteiger partial charge in [-0.2, -0.15) is 0 Å². The van der Waals surface area contributed by atoms with Gasteiger partial charge in [-0.15, -0.1) is 0 Å². The third-order valence-corrected chi connectivity index (χ3v) is 14.1. The maximum absolute atomic E-state index is 2.66. The number of rotatable bonds is 4. The van der Waals surface area contributed by atoms with E-state index in [0.717, 1.165) is 12.8 Å². The number of hydrogen-bond acceptors (Lipinski definition) is 1. The van der Waals surface area contributed by atoms with Gasteiger partial charge >= 0.3 is 0 Å². The molecule has 2 unspecified atom stereocenters. The van der Waals surface area contributed by atoms with Crippen LogP contribution in [0.5, 0.6) is 0 Å². The van der Waals surface area contributed by atoms with Gasteiger partial charge in [0.25, 0.3) is 0 Å². The molecule has 1 saturated carbocycles. The zero-order chi connectivity index (χ0) is 35.8. The summed E-state index contributed by atoms with van der Waals surface area (Å²) < 4.78 is 0. The molecule has 0 saturated heterocycles. The molecule has 0 aromatic heterocycles. The lowest BCUT2D eigenvalue weighted by atomic mass is 9.62. The average molecular weight is 692 g/mol. The van der Waals surface area contributed by atoms with Crippen LogP contribution in [0.4, 0.5) is 11.4 Å². The molecule has 0 bridgehead atoms. The number of nitrogens with zero attached hydrogens (tertiary/aromatic N) is 1. The Kier molecular flexibility index (Phi) is 6.00. The summed E-state index contributed by atoms with van der Waals surface area (Å²) in [6, 6.07) is 55.1. The normalized spacial score (nSPS) is 23.5. The lowest BCUT2D eigenvalue weighted by Gasteiger charge is -2.40. The summed E-state index contributed by atoms with van der Waals surface area (Å²) in [5.41, 5.74) is 20.7. The zero-order valence-corrected chi connectivity index (χ0v) is 30.8. The Balaban J connectivity index is 1.11. The Bertz CT molecular complexity index is 2650. The summed E-state index contributed by atoms with van der Waals surface area (Å²) in [6.45, 7) is 4.84. The summed E-state index contributed by atoms with van der Waals surface area (Å²) in [5.74, 6) is 0.825. The van der Waals surface area contributed by atoms with E-state index < -0.39 is 0 Å². The monoisotopic (exact) mass is 691 g/mol. The first kappa shape index (κ1) is 30.5. The first-order valence-corrected chi connectivity index (χ1v) is 19.7. The predicted molar refractivity (Wildman–Crippen MR) is 223 cm³/mol. The molecule has 54 heavy (non-hydrogen) atoms. The minimum atomic E-state index is -0.253. The third kappa shape index (κ3) is 3.61. The molecule has 0 radical (unpaired) electrons. The van der Waals surface area contributed by atoms with Gasteiger partial charge in [0.05, 0.1) is 5.41 Å². The number of anilines is 2. The van der Waals surface area contributed by atoms with E-state index in [0.29, 0.717) is 11.8 Å². The van der Waals surface area contributed by atoms with E-state index in [2.05, 4.69) is 195 Å². The minimum absolute atomic E-state index is 0.0442. The molecule has 1 heteroatoms. The number of fused-ring (bicyclic) bond motifs is 11. The highest BCUT2D eigenvalue weighted by molar-refractivity contribution is 5.92. The Labute approximate surface area is 318 Å². The van der Waals surface area contributed by atoms with Gasteiger partial charge in [0.2, 0.25) is 0 Å². The quantitative estimate of drug-likeness (QED) is 0.178. The highest BCUT2D eigenvalue weighted by atomic mass is 15.2. The van der Waals surface area contributed by atoms with Crippen molar-refractivity contribution in [3.63, 3.8) is 0 Å². The Morgan fingerprint density at radius 1 is 0.556 bits per heavy atom. The van der Waals surface area contributed by atoms with Gasteiger partial charge in [0.1, 0.15) is 0 Å². The zero-order valence-electron chi connectivity index (χ0n) is 30.8. The lowest BCUT2D eigenvalue weighted by molar-refractivity contribution is 0.427. The lowest BCUT2D eigenvalue weighted by Crippen LogP contribution is -2.37. The predicted octanol–water partition coefficient (Wildman–Crippen LogP) is 13.1. The molecule has 2 spiro atoms. The summed E-state index contributed by atoms with van der Waals surface area (Å²) in [5, 5.41) is 0. The first-order chi connectivity index (χ1) is 26.5. The Morgan fingerprint density at radius 3 is 1.93 bits per heavy atom. The molecule has 1 fully saturated rings. The van der Waals surface area contributed by atoms with Crippen LogP contribution in [0.15, 0.2) is 187 Å². The second kappa shape index (κ2) is 10.6. The molecule has 3 atom stereocenters. The Hall–Kier alpha value is -5.92. The SMILES string of the molecule is CC1(C)C2=C(CCC(N(c3ccc(-c4ccccc4)cc3)c3cccc4c3C3C5C=CC=C[C@]53C43c4ccccc4-c4ccccc43)=C2)c2ccccc21. The van der Waals surface area contributed by atoms with Crippen LogP contribution in [0.1, 0.15) is 66.0 Å². The molecule has 12 rings (SSSR count). The van der Waals surface area contributed by atoms with Crippen molar-refractivity contribution in [1.29, 1.82) is 0 Å². The van der Waals surface area contributed by atoms with Gasteiger partial charge in [-0.25, -0.2) is 0 Å². The second-order valence-electron chi connectivity index (χ2n) is 16.7. The molecule has 1 nitrogen and oxygen atoms in total. The molecule has 6 aromatic rings. The fourth-order valence-corrected chi connectivity index (χ4v) is 12.0. The van der Waals surface area contributed by atoms with Crippen LogP contribution in [0.3, 0.4) is 0 Å². The van der Waals surface area contributed by atoms with E-state index >= 15 is 0 Å². The second-order valence-corrected chi connectivity index (χ2v) is 16.7. The van der Waals surface area contributed by atoms with E-state index in [9.17, 15) is 0 Å². The fraction of sp³-hybridized carbons (Fsp3) is 0.170. The molecule has 0 amide bonds. The van der Waals surface area contributed by atoms with Crippen molar-refractivity contribution in [3.8, 4) is 22.3 Å². The highest BCUT2D eigenvalue weighted by Crippen LogP contribution is 2.86.